The average Bonchev–Trinajstić information content (AvgIpc) is 2.57. The van der Waals surface area contributed by atoms with Crippen LogP contribution in [0.5, 0.6) is 0 Å². The maximum Gasteiger partial charge on any atom is 0.162 e. The zero-order valence-electron chi connectivity index (χ0n) is 10.5. The molecule has 0 radical (unpaired) electrons. The van der Waals surface area contributed by atoms with E-state index < -0.39 is 0 Å². The molecule has 0 N–H and O–H groups in total. The molecule has 2 heteroatoms. The van der Waals surface area contributed by atoms with Gasteiger partial charge in [-0.1, -0.05) is 19.3 Å². The van der Waals surface area contributed by atoms with Gasteiger partial charge < -0.3 is 4.74 Å². The standard InChI is InChI=1S/C14H22O2/c1-3-16-11(2)13-12(15)7-10-14(13)8-5-4-6-9-14/h3-10H2,1-2H3/b13-11-. The van der Waals surface area contributed by atoms with Crippen molar-refractivity contribution in [3.05, 3.63) is 11.3 Å². The van der Waals surface area contributed by atoms with Gasteiger partial charge >= 0.3 is 0 Å². The van der Waals surface area contributed by atoms with E-state index in [9.17, 15) is 4.79 Å². The molecule has 0 aromatic rings. The number of hydrogen-bond acceptors (Lipinski definition) is 2. The van der Waals surface area contributed by atoms with Gasteiger partial charge in [0, 0.05) is 17.4 Å². The van der Waals surface area contributed by atoms with Crippen LogP contribution in [-0.2, 0) is 9.53 Å². The van der Waals surface area contributed by atoms with Crippen molar-refractivity contribution in [2.75, 3.05) is 6.61 Å². The highest BCUT2D eigenvalue weighted by atomic mass is 16.5. The molecule has 2 rings (SSSR count). The highest BCUT2D eigenvalue weighted by Crippen LogP contribution is 2.52. The van der Waals surface area contributed by atoms with Crippen LogP contribution in [0.1, 0.15) is 58.8 Å². The molecule has 2 fully saturated rings. The van der Waals surface area contributed by atoms with Crippen molar-refractivity contribution in [1.82, 2.24) is 0 Å². The largest absolute Gasteiger partial charge is 0.498 e. The molecule has 0 atom stereocenters. The van der Waals surface area contributed by atoms with Gasteiger partial charge in [-0.15, -0.1) is 0 Å². The van der Waals surface area contributed by atoms with Crippen molar-refractivity contribution in [1.29, 1.82) is 0 Å². The molecule has 2 nitrogen and oxygen atoms in total. The summed E-state index contributed by atoms with van der Waals surface area (Å²) in [4.78, 5) is 12.0. The predicted octanol–water partition coefficient (Wildman–Crippen LogP) is 3.61. The van der Waals surface area contributed by atoms with Crippen LogP contribution in [0.4, 0.5) is 0 Å². The van der Waals surface area contributed by atoms with Gasteiger partial charge in [0.2, 0.25) is 0 Å². The monoisotopic (exact) mass is 222 g/mol. The molecule has 90 valence electrons. The van der Waals surface area contributed by atoms with Crippen molar-refractivity contribution in [2.45, 2.75) is 58.8 Å². The number of carbonyl (C=O) groups is 1. The molecule has 2 saturated carbocycles. The second-order valence-corrected chi connectivity index (χ2v) is 5.13. The first-order valence-corrected chi connectivity index (χ1v) is 6.57. The summed E-state index contributed by atoms with van der Waals surface area (Å²) in [6, 6.07) is 0. The van der Waals surface area contributed by atoms with E-state index in [0.717, 1.165) is 24.2 Å². The quantitative estimate of drug-likeness (QED) is 0.527. The third kappa shape index (κ3) is 1.90. The lowest BCUT2D eigenvalue weighted by Crippen LogP contribution is -2.25. The third-order valence-electron chi connectivity index (χ3n) is 4.16. The topological polar surface area (TPSA) is 26.3 Å². The lowest BCUT2D eigenvalue weighted by molar-refractivity contribution is -0.114. The minimum atomic E-state index is 0.189. The van der Waals surface area contributed by atoms with E-state index in [-0.39, 0.29) is 5.41 Å². The molecule has 1 spiro atoms. The van der Waals surface area contributed by atoms with Gasteiger partial charge in [-0.2, -0.15) is 0 Å². The number of ether oxygens (including phenoxy) is 1. The normalized spacial score (nSPS) is 27.2. The zero-order valence-corrected chi connectivity index (χ0v) is 10.5. The molecule has 2 aliphatic carbocycles. The summed E-state index contributed by atoms with van der Waals surface area (Å²) in [5.74, 6) is 1.24. The Morgan fingerprint density at radius 2 is 1.94 bits per heavy atom. The van der Waals surface area contributed by atoms with Crippen molar-refractivity contribution >= 4 is 5.78 Å². The van der Waals surface area contributed by atoms with Crippen LogP contribution in [0.25, 0.3) is 0 Å². The predicted molar refractivity (Wildman–Crippen MR) is 64.1 cm³/mol. The maximum absolute atomic E-state index is 12.0. The van der Waals surface area contributed by atoms with Crippen LogP contribution in [0.3, 0.4) is 0 Å². The molecule has 2 aliphatic rings. The van der Waals surface area contributed by atoms with Crippen LogP contribution in [0.15, 0.2) is 11.3 Å². The SMILES string of the molecule is CCO/C(C)=C1/C(=O)CCC12CCCCC2. The lowest BCUT2D eigenvalue weighted by Gasteiger charge is -2.34. The molecule has 0 aromatic heterocycles. The molecule has 0 unspecified atom stereocenters. The molecule has 16 heavy (non-hydrogen) atoms. The first kappa shape index (κ1) is 11.7. The molecule has 0 amide bonds. The number of Topliss-reactive ketones (excluding diaryl/α,β-unsaturated/α-hetero) is 1. The molecular formula is C14H22O2. The average molecular weight is 222 g/mol. The highest BCUT2D eigenvalue weighted by Gasteiger charge is 2.45. The molecule has 0 bridgehead atoms. The van der Waals surface area contributed by atoms with Gasteiger partial charge in [-0.25, -0.2) is 0 Å². The van der Waals surface area contributed by atoms with Crippen molar-refractivity contribution < 1.29 is 9.53 Å². The van der Waals surface area contributed by atoms with Crippen LogP contribution in [0.2, 0.25) is 0 Å². The van der Waals surface area contributed by atoms with E-state index >= 15 is 0 Å². The van der Waals surface area contributed by atoms with Gasteiger partial charge in [0.05, 0.1) is 6.61 Å². The minimum Gasteiger partial charge on any atom is -0.498 e. The fourth-order valence-corrected chi connectivity index (χ4v) is 3.49. The second-order valence-electron chi connectivity index (χ2n) is 5.13. The van der Waals surface area contributed by atoms with E-state index in [1.165, 1.54) is 32.1 Å². The number of rotatable bonds is 2. The van der Waals surface area contributed by atoms with Crippen molar-refractivity contribution in [3.8, 4) is 0 Å². The highest BCUT2D eigenvalue weighted by molar-refractivity contribution is 5.99. The van der Waals surface area contributed by atoms with Gasteiger partial charge in [0.15, 0.2) is 5.78 Å². The van der Waals surface area contributed by atoms with E-state index in [1.807, 2.05) is 13.8 Å². The first-order chi connectivity index (χ1) is 7.69. The molecule has 0 aromatic carbocycles. The van der Waals surface area contributed by atoms with Gasteiger partial charge in [0.1, 0.15) is 5.76 Å². The molecular weight excluding hydrogens is 200 g/mol. The Labute approximate surface area is 98.1 Å². The second kappa shape index (κ2) is 4.60. The van der Waals surface area contributed by atoms with Crippen LogP contribution < -0.4 is 0 Å². The fraction of sp³-hybridized carbons (Fsp3) is 0.786. The summed E-state index contributed by atoms with van der Waals surface area (Å²) < 4.78 is 5.58. The Balaban J connectivity index is 2.30. The first-order valence-electron chi connectivity index (χ1n) is 6.57. The number of carbonyl (C=O) groups excluding carboxylic acids is 1. The summed E-state index contributed by atoms with van der Waals surface area (Å²) in [5.41, 5.74) is 1.23. The van der Waals surface area contributed by atoms with Crippen LogP contribution >= 0.6 is 0 Å². The Bertz CT molecular complexity index is 309. The molecule has 0 heterocycles. The summed E-state index contributed by atoms with van der Waals surface area (Å²) in [6.45, 7) is 4.62. The lowest BCUT2D eigenvalue weighted by atomic mass is 9.70. The Morgan fingerprint density at radius 3 is 2.56 bits per heavy atom. The number of hydrogen-bond donors (Lipinski definition) is 0. The maximum atomic E-state index is 12.0. The fourth-order valence-electron chi connectivity index (χ4n) is 3.49. The third-order valence-corrected chi connectivity index (χ3v) is 4.16. The Morgan fingerprint density at radius 1 is 1.25 bits per heavy atom. The summed E-state index contributed by atoms with van der Waals surface area (Å²) >= 11 is 0. The number of allylic oxidation sites excluding steroid dienone is 2. The zero-order chi connectivity index (χ0) is 11.6. The smallest absolute Gasteiger partial charge is 0.162 e. The van der Waals surface area contributed by atoms with Gasteiger partial charge in [-0.05, 0) is 33.1 Å². The Kier molecular flexibility index (Phi) is 3.36. The van der Waals surface area contributed by atoms with Gasteiger partial charge in [-0.3, -0.25) is 4.79 Å². The van der Waals surface area contributed by atoms with Crippen molar-refractivity contribution in [3.63, 3.8) is 0 Å². The van der Waals surface area contributed by atoms with Crippen molar-refractivity contribution in [2.24, 2.45) is 5.41 Å². The van der Waals surface area contributed by atoms with E-state index in [2.05, 4.69) is 0 Å². The van der Waals surface area contributed by atoms with Crippen LogP contribution in [0, 0.1) is 5.41 Å². The van der Waals surface area contributed by atoms with E-state index in [0.29, 0.717) is 12.4 Å². The minimum absolute atomic E-state index is 0.189. The molecule has 0 saturated heterocycles. The van der Waals surface area contributed by atoms with E-state index in [4.69, 9.17) is 4.74 Å². The number of ketones is 1. The van der Waals surface area contributed by atoms with Crippen LogP contribution in [-0.4, -0.2) is 12.4 Å². The summed E-state index contributed by atoms with van der Waals surface area (Å²) in [7, 11) is 0. The molecule has 0 aliphatic heterocycles. The summed E-state index contributed by atoms with van der Waals surface area (Å²) in [5, 5.41) is 0. The Hall–Kier alpha value is -0.790. The summed E-state index contributed by atoms with van der Waals surface area (Å²) in [6.07, 6.45) is 8.06. The van der Waals surface area contributed by atoms with Gasteiger partial charge in [0.25, 0.3) is 0 Å². The van der Waals surface area contributed by atoms with E-state index in [1.54, 1.807) is 0 Å².